The van der Waals surface area contributed by atoms with Crippen molar-refractivity contribution in [3.63, 3.8) is 0 Å². The van der Waals surface area contributed by atoms with Gasteiger partial charge < -0.3 is 15.0 Å². The van der Waals surface area contributed by atoms with Gasteiger partial charge in [0.1, 0.15) is 11.8 Å². The van der Waals surface area contributed by atoms with Crippen LogP contribution in [0.4, 0.5) is 0 Å². The van der Waals surface area contributed by atoms with Crippen molar-refractivity contribution in [1.82, 2.24) is 10.2 Å². The molecule has 0 spiro atoms. The van der Waals surface area contributed by atoms with Crippen LogP contribution in [0.15, 0.2) is 54.6 Å². The molecule has 2 aromatic carbocycles. The second-order valence-electron chi connectivity index (χ2n) is 7.59. The minimum absolute atomic E-state index is 0.0251. The van der Waals surface area contributed by atoms with Gasteiger partial charge in [-0.05, 0) is 43.0 Å². The minimum atomic E-state index is -0.499. The first-order chi connectivity index (χ1) is 15.0. The van der Waals surface area contributed by atoms with Crippen LogP contribution in [0.25, 0.3) is 0 Å². The van der Waals surface area contributed by atoms with Gasteiger partial charge in [-0.3, -0.25) is 9.59 Å². The highest BCUT2D eigenvalue weighted by molar-refractivity contribution is 7.99. The molecule has 0 saturated heterocycles. The van der Waals surface area contributed by atoms with Gasteiger partial charge in [-0.15, -0.1) is 11.8 Å². The molecule has 2 amide bonds. The third-order valence-electron chi connectivity index (χ3n) is 5.24. The van der Waals surface area contributed by atoms with Crippen molar-refractivity contribution >= 4 is 23.6 Å². The molecule has 1 N–H and O–H groups in total. The third-order valence-corrected chi connectivity index (χ3v) is 6.22. The van der Waals surface area contributed by atoms with Gasteiger partial charge in [0.2, 0.25) is 11.8 Å². The standard InChI is InChI=1S/C25H34N2O3S/c1-5-19(3)26-25(29)23(6-2)27(16-20-12-14-22(30-4)15-13-20)24(28)18-31-17-21-10-8-7-9-11-21/h7-15,19,23H,5-6,16-18H2,1-4H3,(H,26,29)/t19-,23-/m1/s1. The van der Waals surface area contributed by atoms with Crippen molar-refractivity contribution < 1.29 is 14.3 Å². The zero-order valence-electron chi connectivity index (χ0n) is 19.0. The Morgan fingerprint density at radius 3 is 2.26 bits per heavy atom. The van der Waals surface area contributed by atoms with E-state index >= 15 is 0 Å². The Morgan fingerprint density at radius 2 is 1.68 bits per heavy atom. The summed E-state index contributed by atoms with van der Waals surface area (Å²) in [5, 5.41) is 3.04. The second-order valence-corrected chi connectivity index (χ2v) is 8.58. The molecule has 168 valence electrons. The molecule has 0 unspecified atom stereocenters. The van der Waals surface area contributed by atoms with Crippen LogP contribution in [-0.2, 0) is 21.9 Å². The summed E-state index contributed by atoms with van der Waals surface area (Å²) in [5.74, 6) is 1.74. The number of amides is 2. The van der Waals surface area contributed by atoms with Crippen molar-refractivity contribution in [2.24, 2.45) is 0 Å². The van der Waals surface area contributed by atoms with E-state index in [-0.39, 0.29) is 17.9 Å². The summed E-state index contributed by atoms with van der Waals surface area (Å²) in [6, 6.07) is 17.3. The molecule has 0 aliphatic carbocycles. The summed E-state index contributed by atoms with van der Waals surface area (Å²) >= 11 is 1.57. The fourth-order valence-electron chi connectivity index (χ4n) is 3.20. The zero-order chi connectivity index (χ0) is 22.6. The number of carbonyl (C=O) groups excluding carboxylic acids is 2. The van der Waals surface area contributed by atoms with Crippen LogP contribution in [0, 0.1) is 0 Å². The molecule has 31 heavy (non-hydrogen) atoms. The number of rotatable bonds is 12. The van der Waals surface area contributed by atoms with Gasteiger partial charge in [-0.2, -0.15) is 0 Å². The lowest BCUT2D eigenvalue weighted by Crippen LogP contribution is -2.51. The maximum atomic E-state index is 13.2. The first-order valence-corrected chi connectivity index (χ1v) is 12.0. The van der Waals surface area contributed by atoms with E-state index in [9.17, 15) is 9.59 Å². The molecular weight excluding hydrogens is 408 g/mol. The van der Waals surface area contributed by atoms with Gasteiger partial charge >= 0.3 is 0 Å². The highest BCUT2D eigenvalue weighted by atomic mass is 32.2. The molecule has 2 atom stereocenters. The Hall–Kier alpha value is -2.47. The van der Waals surface area contributed by atoms with Gasteiger partial charge in [0.15, 0.2) is 0 Å². The molecule has 0 fully saturated rings. The molecule has 5 nitrogen and oxygen atoms in total. The number of carbonyl (C=O) groups is 2. The molecule has 0 aliphatic heterocycles. The van der Waals surface area contributed by atoms with Gasteiger partial charge in [-0.25, -0.2) is 0 Å². The van der Waals surface area contributed by atoms with E-state index in [0.717, 1.165) is 23.5 Å². The van der Waals surface area contributed by atoms with Crippen molar-refractivity contribution in [3.8, 4) is 5.75 Å². The van der Waals surface area contributed by atoms with Crippen LogP contribution in [0.2, 0.25) is 0 Å². The molecule has 2 aromatic rings. The van der Waals surface area contributed by atoms with Gasteiger partial charge in [0.25, 0.3) is 0 Å². The number of methoxy groups -OCH3 is 1. The van der Waals surface area contributed by atoms with E-state index in [1.807, 2.05) is 63.2 Å². The summed E-state index contributed by atoms with van der Waals surface area (Å²) in [6.07, 6.45) is 1.41. The number of hydrogen-bond donors (Lipinski definition) is 1. The lowest BCUT2D eigenvalue weighted by molar-refractivity contribution is -0.139. The summed E-state index contributed by atoms with van der Waals surface area (Å²) in [5.41, 5.74) is 2.15. The smallest absolute Gasteiger partial charge is 0.243 e. The monoisotopic (exact) mass is 442 g/mol. The van der Waals surface area contributed by atoms with Crippen molar-refractivity contribution in [2.45, 2.75) is 58.0 Å². The molecule has 0 aliphatic rings. The van der Waals surface area contributed by atoms with Crippen LogP contribution < -0.4 is 10.1 Å². The number of hydrogen-bond acceptors (Lipinski definition) is 4. The van der Waals surface area contributed by atoms with Crippen LogP contribution in [0.1, 0.15) is 44.7 Å². The van der Waals surface area contributed by atoms with E-state index in [1.54, 1.807) is 23.8 Å². The predicted molar refractivity (Wildman–Crippen MR) is 128 cm³/mol. The number of nitrogens with zero attached hydrogens (tertiary/aromatic N) is 1. The Balaban J connectivity index is 2.13. The first kappa shape index (κ1) is 24.8. The zero-order valence-corrected chi connectivity index (χ0v) is 19.8. The number of nitrogens with one attached hydrogen (secondary N) is 1. The number of thioether (sulfide) groups is 1. The average molecular weight is 443 g/mol. The summed E-state index contributed by atoms with van der Waals surface area (Å²) in [7, 11) is 1.63. The number of benzene rings is 2. The van der Waals surface area contributed by atoms with Gasteiger partial charge in [-0.1, -0.05) is 56.3 Å². The molecule has 0 heterocycles. The molecule has 6 heteroatoms. The Labute approximate surface area is 190 Å². The van der Waals surface area contributed by atoms with E-state index in [1.165, 1.54) is 5.56 Å². The highest BCUT2D eigenvalue weighted by Gasteiger charge is 2.29. The molecule has 0 bridgehead atoms. The summed E-state index contributed by atoms with van der Waals surface area (Å²) in [6.45, 7) is 6.36. The Bertz CT molecular complexity index is 811. The summed E-state index contributed by atoms with van der Waals surface area (Å²) in [4.78, 5) is 27.9. The van der Waals surface area contributed by atoms with E-state index in [4.69, 9.17) is 4.74 Å². The van der Waals surface area contributed by atoms with E-state index in [0.29, 0.717) is 18.7 Å². The largest absolute Gasteiger partial charge is 0.497 e. The Morgan fingerprint density at radius 1 is 1.00 bits per heavy atom. The Kier molecular flexibility index (Phi) is 10.4. The molecule has 0 saturated carbocycles. The lowest BCUT2D eigenvalue weighted by atomic mass is 10.1. The maximum absolute atomic E-state index is 13.2. The minimum Gasteiger partial charge on any atom is -0.497 e. The highest BCUT2D eigenvalue weighted by Crippen LogP contribution is 2.19. The molecule has 0 radical (unpaired) electrons. The quantitative estimate of drug-likeness (QED) is 0.520. The fraction of sp³-hybridized carbons (Fsp3) is 0.440. The maximum Gasteiger partial charge on any atom is 0.243 e. The van der Waals surface area contributed by atoms with Crippen molar-refractivity contribution in [2.75, 3.05) is 12.9 Å². The van der Waals surface area contributed by atoms with Crippen LogP contribution in [0.5, 0.6) is 5.75 Å². The summed E-state index contributed by atoms with van der Waals surface area (Å²) < 4.78 is 5.23. The van der Waals surface area contributed by atoms with E-state index in [2.05, 4.69) is 17.4 Å². The van der Waals surface area contributed by atoms with Crippen LogP contribution in [-0.4, -0.2) is 41.7 Å². The SMILES string of the molecule is CC[C@@H](C)NC(=O)[C@@H](CC)N(Cc1ccc(OC)cc1)C(=O)CSCc1ccccc1. The van der Waals surface area contributed by atoms with Gasteiger partial charge in [0.05, 0.1) is 12.9 Å². The topological polar surface area (TPSA) is 58.6 Å². The van der Waals surface area contributed by atoms with Crippen LogP contribution >= 0.6 is 11.8 Å². The third kappa shape index (κ3) is 7.94. The first-order valence-electron chi connectivity index (χ1n) is 10.8. The van der Waals surface area contributed by atoms with Crippen molar-refractivity contribution in [1.29, 1.82) is 0 Å². The second kappa shape index (κ2) is 13.1. The molecular formula is C25H34N2O3S. The normalized spacial score (nSPS) is 12.6. The number of ether oxygens (including phenoxy) is 1. The fourth-order valence-corrected chi connectivity index (χ4v) is 4.07. The van der Waals surface area contributed by atoms with Gasteiger partial charge in [0, 0.05) is 18.3 Å². The van der Waals surface area contributed by atoms with E-state index < -0.39 is 6.04 Å². The predicted octanol–water partition coefficient (Wildman–Crippen LogP) is 4.65. The van der Waals surface area contributed by atoms with Crippen LogP contribution in [0.3, 0.4) is 0 Å². The molecule has 2 rings (SSSR count). The average Bonchev–Trinajstić information content (AvgIpc) is 2.79. The lowest BCUT2D eigenvalue weighted by Gasteiger charge is -2.31. The van der Waals surface area contributed by atoms with Crippen molar-refractivity contribution in [3.05, 3.63) is 65.7 Å². The molecule has 0 aromatic heterocycles.